The number of nitrogens with zero attached hydrogens (tertiary/aromatic N) is 2. The predicted molar refractivity (Wildman–Crippen MR) is 83.7 cm³/mol. The molecule has 0 aliphatic carbocycles. The van der Waals surface area contributed by atoms with Crippen molar-refractivity contribution in [3.63, 3.8) is 0 Å². The molecule has 0 amide bonds. The van der Waals surface area contributed by atoms with Crippen molar-refractivity contribution < 1.29 is 12.8 Å². The molecule has 21 heavy (non-hydrogen) atoms. The third-order valence-corrected chi connectivity index (χ3v) is 4.80. The van der Waals surface area contributed by atoms with E-state index < -0.39 is 10.0 Å². The molecule has 6 nitrogen and oxygen atoms in total. The highest BCUT2D eigenvalue weighted by Crippen LogP contribution is 2.18. The SMILES string of the molecule is CC(C)NCc1ccc(S(=O)(=O)N(C)CCCN(C)C)o1. The number of hydrogen-bond donors (Lipinski definition) is 1. The molecule has 122 valence electrons. The lowest BCUT2D eigenvalue weighted by Gasteiger charge is -2.17. The van der Waals surface area contributed by atoms with E-state index in [-0.39, 0.29) is 5.09 Å². The van der Waals surface area contributed by atoms with Crippen molar-refractivity contribution in [3.8, 4) is 0 Å². The van der Waals surface area contributed by atoms with E-state index in [4.69, 9.17) is 4.42 Å². The highest BCUT2D eigenvalue weighted by atomic mass is 32.2. The zero-order chi connectivity index (χ0) is 16.0. The van der Waals surface area contributed by atoms with E-state index >= 15 is 0 Å². The van der Waals surface area contributed by atoms with Crippen LogP contribution >= 0.6 is 0 Å². The summed E-state index contributed by atoms with van der Waals surface area (Å²) in [6, 6.07) is 3.55. The van der Waals surface area contributed by atoms with Crippen LogP contribution in [-0.2, 0) is 16.6 Å². The van der Waals surface area contributed by atoms with Crippen molar-refractivity contribution in [1.82, 2.24) is 14.5 Å². The first-order valence-electron chi connectivity index (χ1n) is 7.16. The fraction of sp³-hybridized carbons (Fsp3) is 0.714. The summed E-state index contributed by atoms with van der Waals surface area (Å²) in [5, 5.41) is 3.20. The van der Waals surface area contributed by atoms with Crippen LogP contribution in [0.25, 0.3) is 0 Å². The van der Waals surface area contributed by atoms with Crippen molar-refractivity contribution in [2.75, 3.05) is 34.2 Å². The van der Waals surface area contributed by atoms with Crippen molar-refractivity contribution >= 4 is 10.0 Å². The van der Waals surface area contributed by atoms with Gasteiger partial charge in [0.1, 0.15) is 5.76 Å². The number of nitrogens with one attached hydrogen (secondary N) is 1. The van der Waals surface area contributed by atoms with Crippen molar-refractivity contribution in [1.29, 1.82) is 0 Å². The van der Waals surface area contributed by atoms with Gasteiger partial charge < -0.3 is 14.6 Å². The zero-order valence-electron chi connectivity index (χ0n) is 13.6. The van der Waals surface area contributed by atoms with Crippen molar-refractivity contribution in [3.05, 3.63) is 17.9 Å². The Hall–Kier alpha value is -0.890. The number of rotatable bonds is 9. The molecule has 1 heterocycles. The van der Waals surface area contributed by atoms with Gasteiger partial charge in [0.05, 0.1) is 6.54 Å². The van der Waals surface area contributed by atoms with Crippen LogP contribution < -0.4 is 5.32 Å². The van der Waals surface area contributed by atoms with Crippen molar-refractivity contribution in [2.45, 2.75) is 37.9 Å². The van der Waals surface area contributed by atoms with Gasteiger partial charge in [-0.25, -0.2) is 8.42 Å². The lowest BCUT2D eigenvalue weighted by Crippen LogP contribution is -2.29. The molecule has 0 aromatic carbocycles. The van der Waals surface area contributed by atoms with Gasteiger partial charge in [-0.15, -0.1) is 0 Å². The second kappa shape index (κ2) is 7.93. The second-order valence-electron chi connectivity index (χ2n) is 5.74. The molecule has 0 radical (unpaired) electrons. The minimum Gasteiger partial charge on any atom is -0.447 e. The summed E-state index contributed by atoms with van der Waals surface area (Å²) in [4.78, 5) is 2.03. The van der Waals surface area contributed by atoms with Crippen LogP contribution in [0.5, 0.6) is 0 Å². The summed E-state index contributed by atoms with van der Waals surface area (Å²) in [6.45, 7) is 5.90. The minimum atomic E-state index is -3.53. The van der Waals surface area contributed by atoms with Gasteiger partial charge in [-0.05, 0) is 39.2 Å². The summed E-state index contributed by atoms with van der Waals surface area (Å²) >= 11 is 0. The smallest absolute Gasteiger partial charge is 0.276 e. The summed E-state index contributed by atoms with van der Waals surface area (Å²) in [5.41, 5.74) is 0. The van der Waals surface area contributed by atoms with Gasteiger partial charge in [0, 0.05) is 19.6 Å². The Labute approximate surface area is 128 Å². The monoisotopic (exact) mass is 317 g/mol. The van der Waals surface area contributed by atoms with E-state index in [0.717, 1.165) is 13.0 Å². The first-order chi connectivity index (χ1) is 9.73. The van der Waals surface area contributed by atoms with E-state index in [0.29, 0.717) is 24.9 Å². The van der Waals surface area contributed by atoms with E-state index in [1.807, 2.05) is 32.8 Å². The molecule has 0 atom stereocenters. The molecule has 7 heteroatoms. The Morgan fingerprint density at radius 1 is 1.19 bits per heavy atom. The normalized spacial score (nSPS) is 12.8. The van der Waals surface area contributed by atoms with Gasteiger partial charge in [0.15, 0.2) is 0 Å². The third kappa shape index (κ3) is 5.78. The highest BCUT2D eigenvalue weighted by molar-refractivity contribution is 7.89. The first kappa shape index (κ1) is 18.2. The van der Waals surface area contributed by atoms with Gasteiger partial charge in [0.25, 0.3) is 10.0 Å². The Morgan fingerprint density at radius 3 is 2.43 bits per heavy atom. The number of furan rings is 1. The van der Waals surface area contributed by atoms with Crippen LogP contribution in [0.2, 0.25) is 0 Å². The quantitative estimate of drug-likeness (QED) is 0.745. The molecule has 0 bridgehead atoms. The van der Waals surface area contributed by atoms with Gasteiger partial charge in [-0.2, -0.15) is 4.31 Å². The molecule has 0 aliphatic rings. The Morgan fingerprint density at radius 2 is 1.86 bits per heavy atom. The van der Waals surface area contributed by atoms with Gasteiger partial charge in [0.2, 0.25) is 5.09 Å². The summed E-state index contributed by atoms with van der Waals surface area (Å²) in [7, 11) is 1.98. The van der Waals surface area contributed by atoms with Crippen LogP contribution in [0.15, 0.2) is 21.6 Å². The van der Waals surface area contributed by atoms with Crippen LogP contribution in [0.4, 0.5) is 0 Å². The molecule has 1 aromatic rings. The average molecular weight is 317 g/mol. The number of sulfonamides is 1. The topological polar surface area (TPSA) is 65.8 Å². The molecule has 1 aromatic heterocycles. The predicted octanol–water partition coefficient (Wildman–Crippen LogP) is 1.35. The lowest BCUT2D eigenvalue weighted by molar-refractivity contribution is 0.354. The van der Waals surface area contributed by atoms with Crippen LogP contribution in [0.3, 0.4) is 0 Å². The van der Waals surface area contributed by atoms with E-state index in [9.17, 15) is 8.42 Å². The zero-order valence-corrected chi connectivity index (χ0v) is 14.4. The van der Waals surface area contributed by atoms with Crippen LogP contribution in [-0.4, -0.2) is 57.9 Å². The van der Waals surface area contributed by atoms with Crippen molar-refractivity contribution in [2.24, 2.45) is 0 Å². The summed E-state index contributed by atoms with van der Waals surface area (Å²) < 4.78 is 31.5. The maximum absolute atomic E-state index is 12.4. The fourth-order valence-corrected chi connectivity index (χ4v) is 2.91. The molecular formula is C14H27N3O3S. The fourth-order valence-electron chi connectivity index (χ4n) is 1.78. The molecule has 1 rings (SSSR count). The van der Waals surface area contributed by atoms with E-state index in [1.54, 1.807) is 13.1 Å². The average Bonchev–Trinajstić information content (AvgIpc) is 2.85. The van der Waals surface area contributed by atoms with Crippen LogP contribution in [0.1, 0.15) is 26.0 Å². The molecule has 1 N–H and O–H groups in total. The number of hydrogen-bond acceptors (Lipinski definition) is 5. The summed E-state index contributed by atoms with van der Waals surface area (Å²) in [6.07, 6.45) is 0.783. The van der Waals surface area contributed by atoms with Gasteiger partial charge >= 0.3 is 0 Å². The summed E-state index contributed by atoms with van der Waals surface area (Å²) in [5.74, 6) is 0.629. The highest BCUT2D eigenvalue weighted by Gasteiger charge is 2.24. The minimum absolute atomic E-state index is 0.00964. The molecule has 0 aliphatic heterocycles. The Bertz CT molecular complexity index is 523. The van der Waals surface area contributed by atoms with E-state index in [2.05, 4.69) is 5.32 Å². The molecular weight excluding hydrogens is 290 g/mol. The Balaban J connectivity index is 2.65. The molecule has 0 fully saturated rings. The third-order valence-electron chi connectivity index (χ3n) is 3.06. The largest absolute Gasteiger partial charge is 0.447 e. The second-order valence-corrected chi connectivity index (χ2v) is 7.72. The molecule has 0 saturated heterocycles. The maximum atomic E-state index is 12.4. The van der Waals surface area contributed by atoms with Gasteiger partial charge in [-0.3, -0.25) is 0 Å². The lowest BCUT2D eigenvalue weighted by atomic mass is 10.3. The van der Waals surface area contributed by atoms with E-state index in [1.165, 1.54) is 10.4 Å². The maximum Gasteiger partial charge on any atom is 0.276 e. The van der Waals surface area contributed by atoms with Gasteiger partial charge in [-0.1, -0.05) is 13.8 Å². The molecule has 0 unspecified atom stereocenters. The molecule has 0 spiro atoms. The van der Waals surface area contributed by atoms with Crippen LogP contribution in [0, 0.1) is 0 Å². The first-order valence-corrected chi connectivity index (χ1v) is 8.60. The Kier molecular flexibility index (Phi) is 6.86. The standard InChI is InChI=1S/C14H27N3O3S/c1-12(2)15-11-13-7-8-14(20-13)21(18,19)17(5)10-6-9-16(3)4/h7-8,12,15H,6,9-11H2,1-5H3. The molecule has 0 saturated carbocycles.